The Morgan fingerprint density at radius 1 is 1.46 bits per heavy atom. The van der Waals surface area contributed by atoms with Crippen molar-refractivity contribution in [3.05, 3.63) is 29.5 Å². The molecule has 2 heterocycles. The van der Waals surface area contributed by atoms with Gasteiger partial charge in [-0.1, -0.05) is 12.5 Å². The fourth-order valence-electron chi connectivity index (χ4n) is 3.03. The van der Waals surface area contributed by atoms with Gasteiger partial charge in [-0.15, -0.1) is 5.10 Å². The Balaban J connectivity index is 2.02. The van der Waals surface area contributed by atoms with Gasteiger partial charge in [-0.3, -0.25) is 4.79 Å². The lowest BCUT2D eigenvalue weighted by Crippen LogP contribution is -2.27. The number of aromatic nitrogens is 2. The quantitative estimate of drug-likeness (QED) is 0.875. The molecule has 5 nitrogen and oxygen atoms in total. The number of carbonyl (C=O) groups is 1. The largest absolute Gasteiger partial charge is 0.390 e. The van der Waals surface area contributed by atoms with E-state index in [2.05, 4.69) is 10.4 Å². The summed E-state index contributed by atoms with van der Waals surface area (Å²) in [6.07, 6.45) is 0.242. The van der Waals surface area contributed by atoms with E-state index < -0.39 is 12.0 Å². The highest BCUT2D eigenvalue weighted by molar-refractivity contribution is 5.92. The third-order valence-electron chi connectivity index (χ3n) is 4.31. The highest BCUT2D eigenvalue weighted by Gasteiger charge is 2.29. The molecule has 0 spiro atoms. The van der Waals surface area contributed by atoms with Crippen LogP contribution < -0.4 is 5.32 Å². The fraction of sp³-hybridized carbons (Fsp3) is 0.529. The maximum Gasteiger partial charge on any atom is 0.280 e. The number of pyridine rings is 1. The van der Waals surface area contributed by atoms with Gasteiger partial charge in [0.2, 0.25) is 5.91 Å². The molecule has 2 aromatic heterocycles. The van der Waals surface area contributed by atoms with Crippen molar-refractivity contribution in [2.45, 2.75) is 57.5 Å². The van der Waals surface area contributed by atoms with Gasteiger partial charge in [0.15, 0.2) is 5.82 Å². The number of amides is 1. The summed E-state index contributed by atoms with van der Waals surface area (Å²) < 4.78 is 27.7. The van der Waals surface area contributed by atoms with Gasteiger partial charge in [-0.25, -0.2) is 13.3 Å². The van der Waals surface area contributed by atoms with Crippen LogP contribution in [0.25, 0.3) is 5.52 Å². The first-order chi connectivity index (χ1) is 11.3. The molecule has 0 radical (unpaired) electrons. The normalized spacial score (nSPS) is 15.8. The predicted molar refractivity (Wildman–Crippen MR) is 86.3 cm³/mol. The molecule has 0 aromatic carbocycles. The van der Waals surface area contributed by atoms with Crippen LogP contribution in [-0.4, -0.2) is 26.2 Å². The maximum absolute atomic E-state index is 13.2. The highest BCUT2D eigenvalue weighted by Crippen LogP contribution is 2.42. The summed E-state index contributed by atoms with van der Waals surface area (Å²) in [5.41, 5.74) is 0.0774. The molecule has 1 aliphatic rings. The Morgan fingerprint density at radius 2 is 2.17 bits per heavy atom. The van der Waals surface area contributed by atoms with Crippen molar-refractivity contribution >= 4 is 17.2 Å². The van der Waals surface area contributed by atoms with Crippen LogP contribution in [0, 0.1) is 0 Å². The van der Waals surface area contributed by atoms with Crippen molar-refractivity contribution in [2.75, 3.05) is 5.32 Å². The molecule has 1 saturated carbocycles. The second-order valence-corrected chi connectivity index (χ2v) is 6.98. The minimum absolute atomic E-state index is 0.0906. The van der Waals surface area contributed by atoms with Crippen LogP contribution in [0.2, 0.25) is 0 Å². The molecule has 24 heavy (non-hydrogen) atoms. The number of fused-ring (bicyclic) bond motifs is 1. The van der Waals surface area contributed by atoms with Crippen molar-refractivity contribution < 1.29 is 18.7 Å². The molecule has 1 aliphatic carbocycles. The van der Waals surface area contributed by atoms with Gasteiger partial charge in [0.05, 0.1) is 17.5 Å². The smallest absolute Gasteiger partial charge is 0.280 e. The Hall–Kier alpha value is -2.02. The van der Waals surface area contributed by atoms with Gasteiger partial charge >= 0.3 is 0 Å². The van der Waals surface area contributed by atoms with Gasteiger partial charge in [0.25, 0.3) is 6.43 Å². The maximum atomic E-state index is 13.2. The number of rotatable bonds is 5. The molecule has 0 bridgehead atoms. The van der Waals surface area contributed by atoms with Gasteiger partial charge in [-0.2, -0.15) is 0 Å². The van der Waals surface area contributed by atoms with E-state index in [-0.39, 0.29) is 23.9 Å². The third kappa shape index (κ3) is 3.26. The van der Waals surface area contributed by atoms with Crippen LogP contribution in [0.1, 0.15) is 63.1 Å². The van der Waals surface area contributed by atoms with Crippen LogP contribution in [0.5, 0.6) is 0 Å². The minimum Gasteiger partial charge on any atom is -0.390 e. The lowest BCUT2D eigenvalue weighted by molar-refractivity contribution is -0.119. The summed E-state index contributed by atoms with van der Waals surface area (Å²) in [6.45, 7) is 3.08. The fourth-order valence-corrected chi connectivity index (χ4v) is 3.03. The number of hydrogen-bond donors (Lipinski definition) is 2. The second-order valence-electron chi connectivity index (χ2n) is 6.98. The number of alkyl halides is 2. The van der Waals surface area contributed by atoms with Crippen LogP contribution >= 0.6 is 0 Å². The summed E-state index contributed by atoms with van der Waals surface area (Å²) >= 11 is 0. The lowest BCUT2D eigenvalue weighted by Gasteiger charge is -2.26. The number of carbonyl (C=O) groups excluding carboxylic acids is 1. The Morgan fingerprint density at radius 3 is 2.71 bits per heavy atom. The monoisotopic (exact) mass is 337 g/mol. The second kappa shape index (κ2) is 6.12. The van der Waals surface area contributed by atoms with E-state index in [1.54, 1.807) is 12.1 Å². The summed E-state index contributed by atoms with van der Waals surface area (Å²) in [5, 5.41) is 16.7. The zero-order chi connectivity index (χ0) is 17.5. The van der Waals surface area contributed by atoms with Crippen LogP contribution in [-0.2, 0) is 4.79 Å². The van der Waals surface area contributed by atoms with Gasteiger partial charge in [0, 0.05) is 5.56 Å². The minimum atomic E-state index is -2.65. The molecule has 3 rings (SSSR count). The molecule has 0 atom stereocenters. The van der Waals surface area contributed by atoms with E-state index in [0.29, 0.717) is 11.3 Å². The number of anilines is 1. The zero-order valence-corrected chi connectivity index (χ0v) is 13.7. The number of nitrogens with zero attached hydrogens (tertiary/aromatic N) is 2. The van der Waals surface area contributed by atoms with Crippen molar-refractivity contribution in [3.63, 3.8) is 0 Å². The predicted octanol–water partition coefficient (Wildman–Crippen LogP) is 3.64. The molecule has 0 aliphatic heterocycles. The van der Waals surface area contributed by atoms with Crippen molar-refractivity contribution in [2.24, 2.45) is 0 Å². The average molecular weight is 337 g/mol. The van der Waals surface area contributed by atoms with Crippen LogP contribution in [0.3, 0.4) is 0 Å². The molecule has 0 unspecified atom stereocenters. The molecule has 0 saturated heterocycles. The van der Waals surface area contributed by atoms with E-state index in [9.17, 15) is 18.7 Å². The zero-order valence-electron chi connectivity index (χ0n) is 13.7. The van der Waals surface area contributed by atoms with E-state index in [1.165, 1.54) is 24.4 Å². The number of hydrogen-bond acceptors (Lipinski definition) is 3. The average Bonchev–Trinajstić information content (AvgIpc) is 2.72. The lowest BCUT2D eigenvalue weighted by atomic mass is 9.80. The summed E-state index contributed by atoms with van der Waals surface area (Å²) in [7, 11) is 0. The molecule has 2 aromatic rings. The summed E-state index contributed by atoms with van der Waals surface area (Å²) in [6, 6.07) is 4.67. The molecular formula is C17H21F2N3O2. The van der Waals surface area contributed by atoms with E-state index in [1.807, 2.05) is 0 Å². The molecule has 7 heteroatoms. The van der Waals surface area contributed by atoms with Crippen molar-refractivity contribution in [1.82, 2.24) is 9.61 Å². The standard InChI is InChI=1S/C17H21F2N3O2/c1-17(2,24)9-13(23)20-16-14(10-5-3-6-10)11-7-4-8-12(15(18)19)22(11)21-16/h4,7-8,10,15,24H,3,5-6,9H2,1-2H3,(H,20,21,23). The summed E-state index contributed by atoms with van der Waals surface area (Å²) in [5.74, 6) is 0.153. The van der Waals surface area contributed by atoms with E-state index in [4.69, 9.17) is 0 Å². The molecule has 130 valence electrons. The first-order valence-electron chi connectivity index (χ1n) is 8.08. The third-order valence-corrected chi connectivity index (χ3v) is 4.31. The molecule has 1 fully saturated rings. The van der Waals surface area contributed by atoms with Gasteiger partial charge in [-0.05, 0) is 44.7 Å². The summed E-state index contributed by atoms with van der Waals surface area (Å²) in [4.78, 5) is 12.1. The number of aliphatic hydroxyl groups is 1. The molecule has 2 N–H and O–H groups in total. The Kier molecular flexibility index (Phi) is 4.29. The van der Waals surface area contributed by atoms with E-state index in [0.717, 1.165) is 24.8 Å². The molecular weight excluding hydrogens is 316 g/mol. The highest BCUT2D eigenvalue weighted by atomic mass is 19.3. The first-order valence-corrected chi connectivity index (χ1v) is 8.08. The van der Waals surface area contributed by atoms with Gasteiger partial charge in [0.1, 0.15) is 5.69 Å². The Labute approximate surface area is 138 Å². The topological polar surface area (TPSA) is 66.6 Å². The van der Waals surface area contributed by atoms with Gasteiger partial charge < -0.3 is 10.4 Å². The van der Waals surface area contributed by atoms with Crippen molar-refractivity contribution in [3.8, 4) is 0 Å². The number of halogens is 2. The first kappa shape index (κ1) is 16.8. The Bertz CT molecular complexity index is 761. The van der Waals surface area contributed by atoms with Crippen LogP contribution in [0.15, 0.2) is 18.2 Å². The SMILES string of the molecule is CC(C)(O)CC(=O)Nc1nn2c(C(F)F)cccc2c1C1CCC1. The van der Waals surface area contributed by atoms with E-state index >= 15 is 0 Å². The van der Waals surface area contributed by atoms with Crippen LogP contribution in [0.4, 0.5) is 14.6 Å². The number of nitrogens with one attached hydrogen (secondary N) is 1. The molecule has 1 amide bonds. The van der Waals surface area contributed by atoms with Crippen molar-refractivity contribution in [1.29, 1.82) is 0 Å².